The Morgan fingerprint density at radius 2 is 0.800 bits per heavy atom. The molecule has 15 heavy (non-hydrogen) atoms. The van der Waals surface area contributed by atoms with E-state index in [1.165, 1.54) is 0 Å². The van der Waals surface area contributed by atoms with Crippen molar-refractivity contribution in [1.29, 1.82) is 0 Å². The third-order valence-electron chi connectivity index (χ3n) is 2.77. The fraction of sp³-hybridized carbons (Fsp3) is 1.00. The summed E-state index contributed by atoms with van der Waals surface area (Å²) in [6.07, 6.45) is 0. The summed E-state index contributed by atoms with van der Waals surface area (Å²) in [7, 11) is -1.98. The molecule has 0 rings (SSSR count). The zero-order valence-electron chi connectivity index (χ0n) is 10.7. The summed E-state index contributed by atoms with van der Waals surface area (Å²) >= 11 is 0. The first kappa shape index (κ1) is 29.7. The summed E-state index contributed by atoms with van der Waals surface area (Å²) in [6.45, 7) is 12.9. The molecule has 0 radical (unpaired) electrons. The standard InChI is InChI=1S/C9H22OSi.3H2O.Ti/c1-7(2)11(10,8(3)4)9(5)6;;;;/h7-10H,1-6H3;3*1H2;. The van der Waals surface area contributed by atoms with Gasteiger partial charge in [-0.1, -0.05) is 41.5 Å². The van der Waals surface area contributed by atoms with Crippen molar-refractivity contribution >= 4 is 8.32 Å². The monoisotopic (exact) mass is 276 g/mol. The SMILES string of the molecule is CC(C)[Si](O)(C(C)C)C(C)C.O.O.O.[Ti]. The fourth-order valence-electron chi connectivity index (χ4n) is 2.00. The molecule has 0 atom stereocenters. The summed E-state index contributed by atoms with van der Waals surface area (Å²) in [4.78, 5) is 10.4. The third-order valence-corrected chi connectivity index (χ3v) is 8.32. The largest absolute Gasteiger partial charge is 0.431 e. The van der Waals surface area contributed by atoms with Crippen LogP contribution in [0, 0.1) is 0 Å². The van der Waals surface area contributed by atoms with E-state index in [-0.39, 0.29) is 38.1 Å². The van der Waals surface area contributed by atoms with Crippen LogP contribution in [0.15, 0.2) is 0 Å². The average Bonchev–Trinajstić information content (AvgIpc) is 1.84. The molecule has 0 heterocycles. The molecule has 0 aromatic carbocycles. The third kappa shape index (κ3) is 6.84. The van der Waals surface area contributed by atoms with Gasteiger partial charge in [0.15, 0.2) is 8.32 Å². The van der Waals surface area contributed by atoms with Crippen molar-refractivity contribution in [3.63, 3.8) is 0 Å². The van der Waals surface area contributed by atoms with Gasteiger partial charge >= 0.3 is 0 Å². The van der Waals surface area contributed by atoms with Gasteiger partial charge in [0.05, 0.1) is 0 Å². The molecule has 0 spiro atoms. The minimum Gasteiger partial charge on any atom is -0.431 e. The van der Waals surface area contributed by atoms with Gasteiger partial charge < -0.3 is 21.2 Å². The Hall–Kier alpha value is 0.771. The van der Waals surface area contributed by atoms with E-state index >= 15 is 0 Å². The van der Waals surface area contributed by atoms with Gasteiger partial charge in [-0.25, -0.2) is 0 Å². The van der Waals surface area contributed by atoms with Gasteiger partial charge in [-0.3, -0.25) is 0 Å². The summed E-state index contributed by atoms with van der Waals surface area (Å²) in [5, 5.41) is 0. The van der Waals surface area contributed by atoms with Crippen molar-refractivity contribution in [1.82, 2.24) is 0 Å². The molecule has 0 aliphatic heterocycles. The number of hydrogen-bond acceptors (Lipinski definition) is 1. The molecule has 0 aliphatic carbocycles. The van der Waals surface area contributed by atoms with Crippen LogP contribution in [0.25, 0.3) is 0 Å². The zero-order chi connectivity index (χ0) is 9.23. The van der Waals surface area contributed by atoms with Gasteiger partial charge in [0.1, 0.15) is 0 Å². The van der Waals surface area contributed by atoms with Crippen LogP contribution in [0.5, 0.6) is 0 Å². The molecule has 96 valence electrons. The van der Waals surface area contributed by atoms with E-state index in [4.69, 9.17) is 0 Å². The van der Waals surface area contributed by atoms with E-state index in [1.807, 2.05) is 0 Å². The Bertz CT molecular complexity index is 110. The van der Waals surface area contributed by atoms with Crippen molar-refractivity contribution in [3.05, 3.63) is 0 Å². The molecule has 0 bridgehead atoms. The molecule has 0 saturated carbocycles. The second kappa shape index (κ2) is 11.3. The Morgan fingerprint density at radius 1 is 0.667 bits per heavy atom. The molecule has 4 nitrogen and oxygen atoms in total. The van der Waals surface area contributed by atoms with Gasteiger partial charge in [0, 0.05) is 21.7 Å². The van der Waals surface area contributed by atoms with E-state index in [1.54, 1.807) is 0 Å². The number of rotatable bonds is 3. The van der Waals surface area contributed by atoms with Crippen LogP contribution in [-0.4, -0.2) is 29.5 Å². The molecule has 0 aliphatic rings. The Balaban J connectivity index is -0.0000000833. The van der Waals surface area contributed by atoms with E-state index in [0.717, 1.165) is 0 Å². The molecule has 6 heteroatoms. The van der Waals surface area contributed by atoms with Gasteiger partial charge in [-0.2, -0.15) is 0 Å². The van der Waals surface area contributed by atoms with E-state index in [0.29, 0.717) is 16.6 Å². The van der Waals surface area contributed by atoms with Gasteiger partial charge in [0.25, 0.3) is 0 Å². The molecule has 0 aromatic heterocycles. The molecule has 0 saturated heterocycles. The van der Waals surface area contributed by atoms with E-state index in [9.17, 15) is 4.80 Å². The maximum absolute atomic E-state index is 10.4. The van der Waals surface area contributed by atoms with Crippen LogP contribution < -0.4 is 0 Å². The quantitative estimate of drug-likeness (QED) is 0.750. The van der Waals surface area contributed by atoms with E-state index < -0.39 is 8.32 Å². The predicted molar refractivity (Wildman–Crippen MR) is 64.1 cm³/mol. The van der Waals surface area contributed by atoms with Crippen molar-refractivity contribution < 1.29 is 42.9 Å². The summed E-state index contributed by atoms with van der Waals surface area (Å²) in [5.74, 6) is 0. The Morgan fingerprint density at radius 3 is 0.800 bits per heavy atom. The molecular formula is C9H28O4SiTi. The van der Waals surface area contributed by atoms with Crippen LogP contribution in [0.4, 0.5) is 0 Å². The second-order valence-corrected chi connectivity index (χ2v) is 9.59. The molecule has 0 fully saturated rings. The van der Waals surface area contributed by atoms with Crippen molar-refractivity contribution in [2.45, 2.75) is 58.2 Å². The zero-order valence-corrected chi connectivity index (χ0v) is 13.2. The topological polar surface area (TPSA) is 115 Å². The summed E-state index contributed by atoms with van der Waals surface area (Å²) in [6, 6.07) is 0. The van der Waals surface area contributed by atoms with Gasteiger partial charge in [-0.05, 0) is 16.6 Å². The number of hydrogen-bond donors (Lipinski definition) is 1. The van der Waals surface area contributed by atoms with Crippen LogP contribution in [0.2, 0.25) is 16.6 Å². The Labute approximate surface area is 109 Å². The van der Waals surface area contributed by atoms with Crippen LogP contribution >= 0.6 is 0 Å². The molecule has 0 aromatic rings. The normalized spacial score (nSPS) is 10.0. The first-order chi connectivity index (χ1) is 4.83. The maximum atomic E-state index is 10.4. The minimum absolute atomic E-state index is 0. The first-order valence-electron chi connectivity index (χ1n) is 4.55. The van der Waals surface area contributed by atoms with Crippen molar-refractivity contribution in [3.8, 4) is 0 Å². The van der Waals surface area contributed by atoms with Crippen molar-refractivity contribution in [2.24, 2.45) is 0 Å². The van der Waals surface area contributed by atoms with Gasteiger partial charge in [0.2, 0.25) is 0 Å². The van der Waals surface area contributed by atoms with Crippen LogP contribution in [0.1, 0.15) is 41.5 Å². The maximum Gasteiger partial charge on any atom is 0.196 e. The molecule has 7 N–H and O–H groups in total. The first-order valence-corrected chi connectivity index (χ1v) is 6.73. The van der Waals surface area contributed by atoms with Crippen LogP contribution in [-0.2, 0) is 21.7 Å². The average molecular weight is 276 g/mol. The molecular weight excluding hydrogens is 248 g/mol. The summed E-state index contributed by atoms with van der Waals surface area (Å²) < 4.78 is 0. The molecule has 0 unspecified atom stereocenters. The van der Waals surface area contributed by atoms with Crippen molar-refractivity contribution in [2.75, 3.05) is 0 Å². The smallest absolute Gasteiger partial charge is 0.196 e. The summed E-state index contributed by atoms with van der Waals surface area (Å²) in [5.41, 5.74) is 1.42. The van der Waals surface area contributed by atoms with Gasteiger partial charge in [-0.15, -0.1) is 0 Å². The minimum atomic E-state index is -1.98. The van der Waals surface area contributed by atoms with Crippen LogP contribution in [0.3, 0.4) is 0 Å². The predicted octanol–water partition coefficient (Wildman–Crippen LogP) is 0.678. The fourth-order valence-corrected chi connectivity index (χ4v) is 6.00. The van der Waals surface area contributed by atoms with E-state index in [2.05, 4.69) is 41.5 Å². The second-order valence-electron chi connectivity index (χ2n) is 4.35. The Kier molecular flexibility index (Phi) is 22.3. The molecule has 0 amide bonds.